The maximum absolute atomic E-state index is 12.5. The van der Waals surface area contributed by atoms with Gasteiger partial charge in [0.2, 0.25) is 5.91 Å². The zero-order valence-electron chi connectivity index (χ0n) is 15.1. The Morgan fingerprint density at radius 2 is 1.58 bits per heavy atom. The van der Waals surface area contributed by atoms with E-state index in [4.69, 9.17) is 0 Å². The summed E-state index contributed by atoms with van der Waals surface area (Å²) < 4.78 is 0. The average Bonchev–Trinajstić information content (AvgIpc) is 2.95. The highest BCUT2D eigenvalue weighted by atomic mass is 16.1. The van der Waals surface area contributed by atoms with Crippen molar-refractivity contribution < 1.29 is 4.79 Å². The molecule has 0 aromatic heterocycles. The second-order valence-electron chi connectivity index (χ2n) is 8.85. The van der Waals surface area contributed by atoms with Gasteiger partial charge in [0.15, 0.2) is 0 Å². The van der Waals surface area contributed by atoms with Crippen molar-refractivity contribution in [2.45, 2.75) is 101 Å². The molecule has 4 fully saturated rings. The van der Waals surface area contributed by atoms with Crippen molar-refractivity contribution in [2.75, 3.05) is 13.1 Å². The second kappa shape index (κ2) is 7.74. The van der Waals surface area contributed by atoms with Crippen LogP contribution in [0.1, 0.15) is 77.0 Å². The molecule has 4 rings (SSSR count). The van der Waals surface area contributed by atoms with Gasteiger partial charge in [-0.15, -0.1) is 0 Å². The first kappa shape index (κ1) is 16.8. The number of carbonyl (C=O) groups excluding carboxylic acids is 1. The Kier molecular flexibility index (Phi) is 5.43. The number of fused-ring (bicyclic) bond motifs is 2. The first-order valence-electron chi connectivity index (χ1n) is 10.6. The lowest BCUT2D eigenvalue weighted by atomic mass is 9.89. The SMILES string of the molecule is O=C(CC1CC2CCC(C1)N2)NC1CCN(C2CCCCC2)CC1. The number of nitrogens with one attached hydrogen (secondary N) is 2. The molecule has 0 radical (unpaired) electrons. The topological polar surface area (TPSA) is 44.4 Å². The van der Waals surface area contributed by atoms with Gasteiger partial charge in [-0.3, -0.25) is 4.79 Å². The smallest absolute Gasteiger partial charge is 0.220 e. The van der Waals surface area contributed by atoms with E-state index in [9.17, 15) is 4.79 Å². The van der Waals surface area contributed by atoms with Crippen LogP contribution >= 0.6 is 0 Å². The van der Waals surface area contributed by atoms with E-state index in [0.29, 0.717) is 30.0 Å². The lowest BCUT2D eigenvalue weighted by Gasteiger charge is -2.39. The number of carbonyl (C=O) groups is 1. The van der Waals surface area contributed by atoms with Crippen molar-refractivity contribution >= 4 is 5.91 Å². The van der Waals surface area contributed by atoms with Gasteiger partial charge in [-0.25, -0.2) is 0 Å². The predicted molar refractivity (Wildman–Crippen MR) is 96.9 cm³/mol. The van der Waals surface area contributed by atoms with E-state index in [-0.39, 0.29) is 0 Å². The lowest BCUT2D eigenvalue weighted by molar-refractivity contribution is -0.123. The minimum absolute atomic E-state index is 0.317. The van der Waals surface area contributed by atoms with Crippen LogP contribution in [0.15, 0.2) is 0 Å². The molecule has 0 aromatic rings. The fourth-order valence-electron chi connectivity index (χ4n) is 5.75. The maximum Gasteiger partial charge on any atom is 0.220 e. The predicted octanol–water partition coefficient (Wildman–Crippen LogP) is 2.82. The molecule has 136 valence electrons. The molecule has 2 N–H and O–H groups in total. The van der Waals surface area contributed by atoms with Gasteiger partial charge in [0.1, 0.15) is 0 Å². The molecule has 4 nitrogen and oxygen atoms in total. The van der Waals surface area contributed by atoms with Gasteiger partial charge in [-0.1, -0.05) is 19.3 Å². The number of rotatable bonds is 4. The third-order valence-electron chi connectivity index (χ3n) is 7.03. The highest BCUT2D eigenvalue weighted by molar-refractivity contribution is 5.76. The summed E-state index contributed by atoms with van der Waals surface area (Å²) in [6.45, 7) is 2.38. The molecule has 4 aliphatic rings. The standard InChI is InChI=1S/C20H35N3O/c24-20(14-15-12-17-6-7-18(13-15)21-17)22-16-8-10-23(11-9-16)19-4-2-1-3-5-19/h15-19,21H,1-14H2,(H,22,24). The van der Waals surface area contributed by atoms with E-state index in [1.54, 1.807) is 0 Å². The van der Waals surface area contributed by atoms with Crippen molar-refractivity contribution in [3.8, 4) is 0 Å². The van der Waals surface area contributed by atoms with E-state index < -0.39 is 0 Å². The zero-order valence-corrected chi connectivity index (χ0v) is 15.1. The summed E-state index contributed by atoms with van der Waals surface area (Å²) in [7, 11) is 0. The molecule has 2 atom stereocenters. The molecule has 3 saturated heterocycles. The molecule has 3 heterocycles. The van der Waals surface area contributed by atoms with E-state index in [1.165, 1.54) is 70.9 Å². The minimum atomic E-state index is 0.317. The van der Waals surface area contributed by atoms with Crippen molar-refractivity contribution in [3.63, 3.8) is 0 Å². The molecular formula is C20H35N3O. The molecule has 0 spiro atoms. The maximum atomic E-state index is 12.5. The fourth-order valence-corrected chi connectivity index (χ4v) is 5.75. The molecule has 1 amide bonds. The Labute approximate surface area is 147 Å². The van der Waals surface area contributed by atoms with Gasteiger partial charge < -0.3 is 15.5 Å². The van der Waals surface area contributed by atoms with Crippen LogP contribution in [0.3, 0.4) is 0 Å². The molecule has 1 aliphatic carbocycles. The first-order chi connectivity index (χ1) is 11.8. The largest absolute Gasteiger partial charge is 0.353 e. The minimum Gasteiger partial charge on any atom is -0.353 e. The summed E-state index contributed by atoms with van der Waals surface area (Å²) in [5.74, 6) is 0.934. The molecule has 0 aromatic carbocycles. The first-order valence-corrected chi connectivity index (χ1v) is 10.6. The van der Waals surface area contributed by atoms with Gasteiger partial charge in [-0.2, -0.15) is 0 Å². The molecule has 24 heavy (non-hydrogen) atoms. The lowest BCUT2D eigenvalue weighted by Crippen LogP contribution is -2.49. The third-order valence-corrected chi connectivity index (χ3v) is 7.03. The Hall–Kier alpha value is -0.610. The Bertz CT molecular complexity index is 415. The number of hydrogen-bond acceptors (Lipinski definition) is 3. The molecule has 2 unspecified atom stereocenters. The van der Waals surface area contributed by atoms with E-state index in [1.807, 2.05) is 0 Å². The molecule has 1 saturated carbocycles. The van der Waals surface area contributed by atoms with Crippen molar-refractivity contribution in [3.05, 3.63) is 0 Å². The molecular weight excluding hydrogens is 298 g/mol. The summed E-state index contributed by atoms with van der Waals surface area (Å²) in [4.78, 5) is 15.2. The second-order valence-corrected chi connectivity index (χ2v) is 8.85. The fraction of sp³-hybridized carbons (Fsp3) is 0.950. The van der Waals surface area contributed by atoms with Gasteiger partial charge in [0, 0.05) is 43.7 Å². The highest BCUT2D eigenvalue weighted by Gasteiger charge is 2.34. The summed E-state index contributed by atoms with van der Waals surface area (Å²) in [6.07, 6.45) is 15.2. The van der Waals surface area contributed by atoms with Crippen LogP contribution < -0.4 is 10.6 Å². The van der Waals surface area contributed by atoms with Gasteiger partial charge >= 0.3 is 0 Å². The summed E-state index contributed by atoms with van der Waals surface area (Å²) in [5, 5.41) is 7.03. The zero-order chi connectivity index (χ0) is 16.4. The van der Waals surface area contributed by atoms with Crippen LogP contribution in [0, 0.1) is 5.92 Å². The van der Waals surface area contributed by atoms with Crippen LogP contribution in [-0.2, 0) is 4.79 Å². The Balaban J connectivity index is 1.17. The molecule has 4 heteroatoms. The molecule has 2 bridgehead atoms. The van der Waals surface area contributed by atoms with Crippen LogP contribution in [0.25, 0.3) is 0 Å². The number of amides is 1. The van der Waals surface area contributed by atoms with Crippen LogP contribution in [0.2, 0.25) is 0 Å². The van der Waals surface area contributed by atoms with Crippen LogP contribution in [0.5, 0.6) is 0 Å². The van der Waals surface area contributed by atoms with Gasteiger partial charge in [-0.05, 0) is 57.3 Å². The highest BCUT2D eigenvalue weighted by Crippen LogP contribution is 2.32. The number of nitrogens with zero attached hydrogens (tertiary/aromatic N) is 1. The normalized spacial score (nSPS) is 35.9. The number of hydrogen-bond donors (Lipinski definition) is 2. The van der Waals surface area contributed by atoms with E-state index in [0.717, 1.165) is 25.3 Å². The number of likely N-dealkylation sites (tertiary alicyclic amines) is 1. The summed E-state index contributed by atoms with van der Waals surface area (Å²) >= 11 is 0. The van der Waals surface area contributed by atoms with Crippen molar-refractivity contribution in [1.29, 1.82) is 0 Å². The molecule has 3 aliphatic heterocycles. The Morgan fingerprint density at radius 3 is 2.25 bits per heavy atom. The quantitative estimate of drug-likeness (QED) is 0.831. The van der Waals surface area contributed by atoms with Crippen molar-refractivity contribution in [2.24, 2.45) is 5.92 Å². The van der Waals surface area contributed by atoms with Crippen molar-refractivity contribution in [1.82, 2.24) is 15.5 Å². The van der Waals surface area contributed by atoms with Crippen LogP contribution in [-0.4, -0.2) is 48.1 Å². The number of piperidine rings is 2. The monoisotopic (exact) mass is 333 g/mol. The summed E-state index contributed by atoms with van der Waals surface area (Å²) in [5.41, 5.74) is 0. The average molecular weight is 334 g/mol. The summed E-state index contributed by atoms with van der Waals surface area (Å²) in [6, 6.07) is 2.65. The van der Waals surface area contributed by atoms with Gasteiger partial charge in [0.05, 0.1) is 0 Å². The van der Waals surface area contributed by atoms with E-state index in [2.05, 4.69) is 15.5 Å². The Morgan fingerprint density at radius 1 is 0.917 bits per heavy atom. The van der Waals surface area contributed by atoms with Gasteiger partial charge in [0.25, 0.3) is 0 Å². The third kappa shape index (κ3) is 4.13. The van der Waals surface area contributed by atoms with E-state index >= 15 is 0 Å². The van der Waals surface area contributed by atoms with Crippen LogP contribution in [0.4, 0.5) is 0 Å².